The van der Waals surface area contributed by atoms with Crippen LogP contribution < -0.4 is 21.2 Å². The number of nitrogens with two attached hydrogens (primary N) is 1. The Morgan fingerprint density at radius 1 is 0.950 bits per heavy atom. The number of dihydropyridines is 1. The highest BCUT2D eigenvalue weighted by molar-refractivity contribution is 5.89. The Hall–Kier alpha value is -5.33. The summed E-state index contributed by atoms with van der Waals surface area (Å²) in [6.07, 6.45) is -17.1. The van der Waals surface area contributed by atoms with Gasteiger partial charge < -0.3 is 90.6 Å². The second kappa shape index (κ2) is 16.3. The zero-order valence-corrected chi connectivity index (χ0v) is 31.6. The van der Waals surface area contributed by atoms with Crippen LogP contribution in [0.15, 0.2) is 56.9 Å². The summed E-state index contributed by atoms with van der Waals surface area (Å²) < 4.78 is 28.5. The summed E-state index contributed by atoms with van der Waals surface area (Å²) in [7, 11) is 0. The molecule has 7 rings (SSSR count). The maximum absolute atomic E-state index is 13.8. The lowest BCUT2D eigenvalue weighted by Gasteiger charge is -2.47. The largest absolute Gasteiger partial charge is 0.507 e. The number of carboxylic acid groups (broad SMARTS) is 1. The molecule has 2 aromatic carbocycles. The fraction of sp³-hybridized carbons (Fsp3) is 0.462. The molecule has 14 N–H and O–H groups in total. The van der Waals surface area contributed by atoms with E-state index in [1.165, 1.54) is 12.1 Å². The molecule has 0 bridgehead atoms. The molecule has 2 saturated heterocycles. The Bertz CT molecular complexity index is 2310. The Kier molecular flexibility index (Phi) is 11.6. The number of ether oxygens (including phenoxy) is 4. The molecule has 4 aliphatic heterocycles. The van der Waals surface area contributed by atoms with Gasteiger partial charge in [0.25, 0.3) is 0 Å². The van der Waals surface area contributed by atoms with Gasteiger partial charge in [-0.3, -0.25) is 4.79 Å². The molecule has 3 aromatic rings. The SMILES string of the molecule is CCC1=CC(C2CCC3(Oc4cc5oc(-c6cc(O)c(O)c(CCO)c6)cc(=O)c5c(O)c42)OC(C(=O)OC2OC(C(=O)O)C(O)C(O)C2O)C(O)C(O)C3O)=CNC1N. The van der Waals surface area contributed by atoms with Crippen molar-refractivity contribution in [2.45, 2.75) is 106 Å². The molecular formula is C39H44N2O19. The van der Waals surface area contributed by atoms with E-state index < -0.39 is 121 Å². The number of carbonyl (C=O) groups excluding carboxylic acids is 1. The number of carboxylic acids is 1. The van der Waals surface area contributed by atoms with E-state index in [2.05, 4.69) is 5.32 Å². The van der Waals surface area contributed by atoms with Crippen LogP contribution in [-0.4, -0.2) is 142 Å². The number of aliphatic hydroxyl groups excluding tert-OH is 7. The lowest BCUT2D eigenvalue weighted by Crippen LogP contribution is -2.68. The third-order valence-corrected chi connectivity index (χ3v) is 11.3. The number of hydrogen-bond acceptors (Lipinski definition) is 20. The molecule has 60 heavy (non-hydrogen) atoms. The number of aliphatic carboxylic acids is 1. The van der Waals surface area contributed by atoms with E-state index in [0.29, 0.717) is 12.0 Å². The number of hydrogen-bond donors (Lipinski definition) is 13. The van der Waals surface area contributed by atoms with Crippen LogP contribution >= 0.6 is 0 Å². The van der Waals surface area contributed by atoms with Gasteiger partial charge in [0.1, 0.15) is 64.9 Å². The molecule has 21 heteroatoms. The Labute approximate surface area is 338 Å². The zero-order valence-electron chi connectivity index (χ0n) is 31.6. The number of aliphatic hydroxyl groups is 7. The quantitative estimate of drug-likeness (QED) is 0.0869. The summed E-state index contributed by atoms with van der Waals surface area (Å²) in [6, 6.07) is 4.70. The van der Waals surface area contributed by atoms with Gasteiger partial charge in [-0.15, -0.1) is 0 Å². The minimum absolute atomic E-state index is 0.0244. The van der Waals surface area contributed by atoms with Crippen molar-refractivity contribution in [2.75, 3.05) is 6.61 Å². The monoisotopic (exact) mass is 844 g/mol. The average molecular weight is 845 g/mol. The van der Waals surface area contributed by atoms with E-state index in [9.17, 15) is 70.6 Å². The first-order chi connectivity index (χ1) is 28.4. The molecule has 0 aliphatic carbocycles. The van der Waals surface area contributed by atoms with E-state index in [1.807, 2.05) is 6.92 Å². The number of nitrogens with one attached hydrogen (secondary N) is 1. The molecule has 5 heterocycles. The summed E-state index contributed by atoms with van der Waals surface area (Å²) in [5, 5.41) is 119. The molecule has 0 amide bonds. The van der Waals surface area contributed by atoms with Crippen molar-refractivity contribution in [2.24, 2.45) is 5.73 Å². The molecule has 1 aromatic heterocycles. The van der Waals surface area contributed by atoms with Crippen molar-refractivity contribution < 1.29 is 89.1 Å². The highest BCUT2D eigenvalue weighted by Crippen LogP contribution is 2.52. The summed E-state index contributed by atoms with van der Waals surface area (Å²) in [5.41, 5.74) is 6.63. The summed E-state index contributed by atoms with van der Waals surface area (Å²) in [5.74, 6) is -8.91. The maximum Gasteiger partial charge on any atom is 0.340 e. The van der Waals surface area contributed by atoms with E-state index >= 15 is 0 Å². The maximum atomic E-state index is 13.8. The van der Waals surface area contributed by atoms with Crippen LogP contribution in [0.3, 0.4) is 0 Å². The molecule has 0 saturated carbocycles. The number of esters is 1. The minimum atomic E-state index is -2.48. The number of aromatic hydroxyl groups is 3. The van der Waals surface area contributed by atoms with Gasteiger partial charge in [-0.2, -0.15) is 0 Å². The highest BCUT2D eigenvalue weighted by atomic mass is 16.8. The number of fused-ring (bicyclic) bond motifs is 2. The fourth-order valence-corrected chi connectivity index (χ4v) is 8.00. The first kappa shape index (κ1) is 42.8. The Morgan fingerprint density at radius 2 is 1.67 bits per heavy atom. The molecule has 1 spiro atoms. The zero-order chi connectivity index (χ0) is 43.5. The van der Waals surface area contributed by atoms with E-state index in [4.69, 9.17) is 29.1 Å². The number of carbonyl (C=O) groups is 2. The molecule has 12 unspecified atom stereocenters. The van der Waals surface area contributed by atoms with Crippen LogP contribution in [-0.2, 0) is 30.2 Å². The predicted molar refractivity (Wildman–Crippen MR) is 200 cm³/mol. The second-order valence-corrected chi connectivity index (χ2v) is 15.0. The Balaban J connectivity index is 1.34. The fourth-order valence-electron chi connectivity index (χ4n) is 8.00. The van der Waals surface area contributed by atoms with Crippen molar-refractivity contribution >= 4 is 22.9 Å². The predicted octanol–water partition coefficient (Wildman–Crippen LogP) is -1.91. The molecule has 12 atom stereocenters. The summed E-state index contributed by atoms with van der Waals surface area (Å²) in [6.45, 7) is 1.47. The highest BCUT2D eigenvalue weighted by Gasteiger charge is 2.60. The number of phenolic OH excluding ortho intramolecular Hbond substituents is 3. The standard InChI is InChI=1S/C39H44N2O19/c1-2-13-7-16(12-41-35(13)40)17-3-5-39(34(52)30(50)29(49)33(60-39)37(55)58-38-31(51)27(47)28(48)32(57-38)36(53)54)59-22-11-21-24(26(46)23(17)22)18(43)10-20(56-21)15-8-14(4-6-42)25(45)19(44)9-15/h7-12,17,27-35,38,41-42,44-52H,2-6,40H2,1H3,(H,53,54). The van der Waals surface area contributed by atoms with Crippen LogP contribution in [0.2, 0.25) is 0 Å². The normalized spacial score (nSPS) is 32.9. The summed E-state index contributed by atoms with van der Waals surface area (Å²) >= 11 is 0. The number of allylic oxidation sites excluding steroid dienone is 2. The third-order valence-electron chi connectivity index (χ3n) is 11.3. The number of phenols is 3. The number of rotatable bonds is 8. The van der Waals surface area contributed by atoms with Gasteiger partial charge >= 0.3 is 11.9 Å². The third kappa shape index (κ3) is 7.31. The van der Waals surface area contributed by atoms with Gasteiger partial charge in [-0.25, -0.2) is 9.59 Å². The van der Waals surface area contributed by atoms with E-state index in [-0.39, 0.29) is 52.0 Å². The van der Waals surface area contributed by atoms with Crippen LogP contribution in [0.4, 0.5) is 0 Å². The van der Waals surface area contributed by atoms with E-state index in [1.54, 1.807) is 12.3 Å². The van der Waals surface area contributed by atoms with Crippen LogP contribution in [0.1, 0.15) is 43.2 Å². The minimum Gasteiger partial charge on any atom is -0.507 e. The van der Waals surface area contributed by atoms with Gasteiger partial charge in [0, 0.05) is 54.0 Å². The lowest BCUT2D eigenvalue weighted by molar-refractivity contribution is -0.338. The molecular weight excluding hydrogens is 800 g/mol. The first-order valence-electron chi connectivity index (χ1n) is 18.9. The van der Waals surface area contributed by atoms with Crippen molar-refractivity contribution in [1.29, 1.82) is 0 Å². The molecule has 21 nitrogen and oxygen atoms in total. The molecule has 4 aliphatic rings. The Morgan fingerprint density at radius 3 is 2.35 bits per heavy atom. The van der Waals surface area contributed by atoms with Gasteiger partial charge in [0.2, 0.25) is 12.1 Å². The van der Waals surface area contributed by atoms with Crippen LogP contribution in [0.25, 0.3) is 22.3 Å². The van der Waals surface area contributed by atoms with E-state index in [0.717, 1.165) is 17.7 Å². The van der Waals surface area contributed by atoms with Gasteiger partial charge in [-0.1, -0.05) is 13.0 Å². The van der Waals surface area contributed by atoms with Crippen molar-refractivity contribution in [1.82, 2.24) is 5.32 Å². The molecule has 2 fully saturated rings. The van der Waals surface area contributed by atoms with Crippen LogP contribution in [0, 0.1) is 0 Å². The smallest absolute Gasteiger partial charge is 0.340 e. The summed E-state index contributed by atoms with van der Waals surface area (Å²) in [4.78, 5) is 39.1. The second-order valence-electron chi connectivity index (χ2n) is 15.0. The van der Waals surface area contributed by atoms with Crippen molar-refractivity contribution in [3.63, 3.8) is 0 Å². The van der Waals surface area contributed by atoms with Crippen LogP contribution in [0.5, 0.6) is 23.0 Å². The topological polar surface area (TPSA) is 362 Å². The van der Waals surface area contributed by atoms with Crippen molar-refractivity contribution in [3.8, 4) is 34.3 Å². The molecule has 0 radical (unpaired) electrons. The van der Waals surface area contributed by atoms with Crippen molar-refractivity contribution in [3.05, 3.63) is 69.0 Å². The van der Waals surface area contributed by atoms with Gasteiger partial charge in [0.15, 0.2) is 29.1 Å². The molecule has 324 valence electrons. The van der Waals surface area contributed by atoms with Gasteiger partial charge in [-0.05, 0) is 42.5 Å². The first-order valence-corrected chi connectivity index (χ1v) is 18.9. The average Bonchev–Trinajstić information content (AvgIpc) is 3.37. The van der Waals surface area contributed by atoms with Gasteiger partial charge in [0.05, 0.1) is 6.17 Å². The number of benzene rings is 2. The lowest BCUT2D eigenvalue weighted by atomic mass is 9.81.